The Hall–Kier alpha value is -1.20. The summed E-state index contributed by atoms with van der Waals surface area (Å²) >= 11 is 0. The van der Waals surface area contributed by atoms with Crippen LogP contribution >= 0.6 is 0 Å². The van der Waals surface area contributed by atoms with Crippen LogP contribution in [0.2, 0.25) is 0 Å². The summed E-state index contributed by atoms with van der Waals surface area (Å²) in [6.07, 6.45) is 2.02. The average Bonchev–Trinajstić information content (AvgIpc) is 2.52. The second-order valence-corrected chi connectivity index (χ2v) is 4.03. The van der Waals surface area contributed by atoms with Crippen LogP contribution in [-0.4, -0.2) is 33.9 Å². The zero-order valence-corrected chi connectivity index (χ0v) is 8.10. The average molecular weight is 212 g/mol. The summed E-state index contributed by atoms with van der Waals surface area (Å²) in [7, 11) is 0. The van der Waals surface area contributed by atoms with Crippen molar-refractivity contribution in [1.82, 2.24) is 0 Å². The number of hydrogen-bond acceptors (Lipinski definition) is 5. The third-order valence-electron chi connectivity index (χ3n) is 2.96. The van der Waals surface area contributed by atoms with Gasteiger partial charge in [-0.25, -0.2) is 9.59 Å². The lowest BCUT2D eigenvalue weighted by atomic mass is 9.78. The summed E-state index contributed by atoms with van der Waals surface area (Å²) in [6, 6.07) is 0. The van der Waals surface area contributed by atoms with Gasteiger partial charge in [0.2, 0.25) is 0 Å². The highest BCUT2D eigenvalue weighted by molar-refractivity contribution is 6.10. The van der Waals surface area contributed by atoms with Gasteiger partial charge in [0.05, 0.1) is 17.3 Å². The van der Waals surface area contributed by atoms with Crippen molar-refractivity contribution in [2.45, 2.75) is 37.4 Å². The molecule has 0 saturated heterocycles. The van der Waals surface area contributed by atoms with Gasteiger partial charge in [0.1, 0.15) is 0 Å². The van der Waals surface area contributed by atoms with Crippen LogP contribution in [0.15, 0.2) is 11.6 Å². The number of carbonyl (C=O) groups excluding carboxylic acids is 2. The van der Waals surface area contributed by atoms with Gasteiger partial charge in [-0.1, -0.05) is 0 Å². The molecule has 1 fully saturated rings. The van der Waals surface area contributed by atoms with E-state index in [1.807, 2.05) is 0 Å². The van der Waals surface area contributed by atoms with Crippen molar-refractivity contribution in [3.8, 4) is 0 Å². The lowest BCUT2D eigenvalue weighted by molar-refractivity contribution is -0.152. The lowest BCUT2D eigenvalue weighted by Gasteiger charge is -2.33. The molecule has 0 atom stereocenters. The van der Waals surface area contributed by atoms with Crippen LogP contribution in [-0.2, 0) is 14.3 Å². The molecule has 0 bridgehead atoms. The van der Waals surface area contributed by atoms with Gasteiger partial charge in [-0.3, -0.25) is 0 Å². The maximum absolute atomic E-state index is 11.2. The lowest BCUT2D eigenvalue weighted by Crippen LogP contribution is -2.39. The molecule has 0 aromatic carbocycles. The number of esters is 2. The normalized spacial score (nSPS) is 36.4. The van der Waals surface area contributed by atoms with Crippen molar-refractivity contribution in [1.29, 1.82) is 0 Å². The first-order valence-electron chi connectivity index (χ1n) is 4.90. The van der Waals surface area contributed by atoms with Crippen molar-refractivity contribution >= 4 is 11.9 Å². The molecule has 2 aliphatic rings. The molecule has 0 aromatic heterocycles. The smallest absolute Gasteiger partial charge is 0.345 e. The second kappa shape index (κ2) is 3.43. The van der Waals surface area contributed by atoms with Crippen LogP contribution in [0.1, 0.15) is 25.7 Å². The summed E-state index contributed by atoms with van der Waals surface area (Å²) in [6.45, 7) is 0. The molecular formula is C10H12O5. The van der Waals surface area contributed by atoms with E-state index < -0.39 is 23.6 Å². The fraction of sp³-hybridized carbons (Fsp3) is 0.600. The largest absolute Gasteiger partial charge is 0.393 e. The fourth-order valence-corrected chi connectivity index (χ4v) is 2.03. The molecular weight excluding hydrogens is 200 g/mol. The standard InChI is InChI=1S/C10H12O5/c11-6-1-3-10(14,4-2-6)7-5-8(12)15-9(7)13/h5-6,11,14H,1-4H2. The van der Waals surface area contributed by atoms with Gasteiger partial charge in [-0.05, 0) is 25.7 Å². The van der Waals surface area contributed by atoms with Crippen molar-refractivity contribution < 1.29 is 24.5 Å². The first kappa shape index (κ1) is 10.3. The fourth-order valence-electron chi connectivity index (χ4n) is 2.03. The van der Waals surface area contributed by atoms with Crippen LogP contribution in [0.3, 0.4) is 0 Å². The van der Waals surface area contributed by atoms with E-state index in [1.165, 1.54) is 0 Å². The topological polar surface area (TPSA) is 83.8 Å². The van der Waals surface area contributed by atoms with E-state index in [9.17, 15) is 19.8 Å². The highest BCUT2D eigenvalue weighted by Gasteiger charge is 2.43. The third kappa shape index (κ3) is 1.80. The van der Waals surface area contributed by atoms with E-state index in [0.29, 0.717) is 12.8 Å². The maximum Gasteiger partial charge on any atom is 0.345 e. The molecule has 82 valence electrons. The minimum Gasteiger partial charge on any atom is -0.393 e. The molecule has 0 amide bonds. The monoisotopic (exact) mass is 212 g/mol. The first-order valence-corrected chi connectivity index (χ1v) is 4.90. The predicted molar refractivity (Wildman–Crippen MR) is 48.6 cm³/mol. The number of carbonyl (C=O) groups is 2. The highest BCUT2D eigenvalue weighted by atomic mass is 16.6. The van der Waals surface area contributed by atoms with Crippen LogP contribution < -0.4 is 0 Å². The number of ether oxygens (including phenoxy) is 1. The quantitative estimate of drug-likeness (QED) is 0.459. The molecule has 0 radical (unpaired) electrons. The minimum absolute atomic E-state index is 0.0272. The van der Waals surface area contributed by atoms with Gasteiger partial charge in [-0.2, -0.15) is 0 Å². The van der Waals surface area contributed by atoms with Crippen molar-refractivity contribution in [2.75, 3.05) is 0 Å². The molecule has 5 nitrogen and oxygen atoms in total. The Labute approximate surface area is 86.3 Å². The summed E-state index contributed by atoms with van der Waals surface area (Å²) in [5.74, 6) is -1.49. The highest BCUT2D eigenvalue weighted by Crippen LogP contribution is 2.36. The Morgan fingerprint density at radius 2 is 1.93 bits per heavy atom. The number of cyclic esters (lactones) is 2. The summed E-state index contributed by atoms with van der Waals surface area (Å²) in [4.78, 5) is 22.1. The number of hydrogen-bond donors (Lipinski definition) is 2. The molecule has 1 aliphatic carbocycles. The second-order valence-electron chi connectivity index (χ2n) is 4.03. The number of rotatable bonds is 1. The van der Waals surface area contributed by atoms with Gasteiger partial charge in [0, 0.05) is 6.08 Å². The summed E-state index contributed by atoms with van der Waals surface area (Å²) in [5, 5.41) is 19.4. The van der Waals surface area contributed by atoms with Gasteiger partial charge in [0.15, 0.2) is 0 Å². The van der Waals surface area contributed by atoms with Gasteiger partial charge >= 0.3 is 11.9 Å². The number of aliphatic hydroxyl groups is 2. The van der Waals surface area contributed by atoms with E-state index in [4.69, 9.17) is 0 Å². The van der Waals surface area contributed by atoms with Gasteiger partial charge in [-0.15, -0.1) is 0 Å². The molecule has 0 unspecified atom stereocenters. The Balaban J connectivity index is 2.19. The summed E-state index contributed by atoms with van der Waals surface area (Å²) < 4.78 is 4.33. The van der Waals surface area contributed by atoms with E-state index in [-0.39, 0.29) is 18.4 Å². The molecule has 1 aliphatic heterocycles. The van der Waals surface area contributed by atoms with E-state index in [1.54, 1.807) is 0 Å². The zero-order chi connectivity index (χ0) is 11.1. The Morgan fingerprint density at radius 1 is 1.33 bits per heavy atom. The van der Waals surface area contributed by atoms with Crippen LogP contribution in [0.5, 0.6) is 0 Å². The van der Waals surface area contributed by atoms with E-state index in [2.05, 4.69) is 4.74 Å². The van der Waals surface area contributed by atoms with Crippen molar-refractivity contribution in [3.05, 3.63) is 11.6 Å². The molecule has 1 heterocycles. The molecule has 15 heavy (non-hydrogen) atoms. The SMILES string of the molecule is O=C1C=C(C2(O)CCC(O)CC2)C(=O)O1. The minimum atomic E-state index is -1.30. The van der Waals surface area contributed by atoms with E-state index in [0.717, 1.165) is 6.08 Å². The Morgan fingerprint density at radius 3 is 2.40 bits per heavy atom. The molecule has 5 heteroatoms. The zero-order valence-electron chi connectivity index (χ0n) is 8.10. The maximum atomic E-state index is 11.2. The molecule has 1 saturated carbocycles. The van der Waals surface area contributed by atoms with Crippen LogP contribution in [0.4, 0.5) is 0 Å². The first-order chi connectivity index (χ1) is 7.01. The molecule has 2 rings (SSSR count). The Kier molecular flexibility index (Phi) is 2.36. The van der Waals surface area contributed by atoms with E-state index >= 15 is 0 Å². The van der Waals surface area contributed by atoms with Gasteiger partial charge < -0.3 is 14.9 Å². The molecule has 2 N–H and O–H groups in total. The molecule has 0 aromatic rings. The number of aliphatic hydroxyl groups excluding tert-OH is 1. The summed E-state index contributed by atoms with van der Waals surface area (Å²) in [5.41, 5.74) is -1.28. The molecule has 0 spiro atoms. The van der Waals surface area contributed by atoms with Gasteiger partial charge in [0.25, 0.3) is 0 Å². The third-order valence-corrected chi connectivity index (χ3v) is 2.96. The van der Waals surface area contributed by atoms with Crippen molar-refractivity contribution in [3.63, 3.8) is 0 Å². The predicted octanol–water partition coefficient (Wildman–Crippen LogP) is -0.338. The Bertz CT molecular complexity index is 336. The van der Waals surface area contributed by atoms with Crippen LogP contribution in [0.25, 0.3) is 0 Å². The van der Waals surface area contributed by atoms with Crippen molar-refractivity contribution in [2.24, 2.45) is 0 Å². The van der Waals surface area contributed by atoms with Crippen LogP contribution in [0, 0.1) is 0 Å².